The van der Waals surface area contributed by atoms with Crippen LogP contribution in [0.3, 0.4) is 0 Å². The van der Waals surface area contributed by atoms with Crippen LogP contribution in [0.15, 0.2) is 18.5 Å². The molecule has 3 nitrogen and oxygen atoms in total. The smallest absolute Gasteiger partial charge is 0.137 e. The van der Waals surface area contributed by atoms with E-state index in [0.29, 0.717) is 6.04 Å². The molecule has 0 saturated carbocycles. The number of aryl methyl sites for hydroxylation is 1. The van der Waals surface area contributed by atoms with Gasteiger partial charge in [0.15, 0.2) is 0 Å². The lowest BCUT2D eigenvalue weighted by Gasteiger charge is -2.10. The fraction of sp³-hybridized carbons (Fsp3) is 0.583. The van der Waals surface area contributed by atoms with E-state index < -0.39 is 0 Å². The minimum atomic E-state index is 0.307. The van der Waals surface area contributed by atoms with E-state index in [-0.39, 0.29) is 0 Å². The molecule has 1 rings (SSSR count). The average Bonchev–Trinajstić information content (AvgIpc) is 2.27. The maximum atomic E-state index is 5.95. The lowest BCUT2D eigenvalue weighted by molar-refractivity contribution is 0.412. The summed E-state index contributed by atoms with van der Waals surface area (Å²) in [5.41, 5.74) is 7.15. The summed E-state index contributed by atoms with van der Waals surface area (Å²) in [5.74, 6) is 0.816. The number of nitrogens with two attached hydrogens (primary N) is 1. The molecule has 0 aliphatic carbocycles. The quantitative estimate of drug-likeness (QED) is 0.779. The molecule has 3 heteroatoms. The summed E-state index contributed by atoms with van der Waals surface area (Å²) in [5, 5.41) is 0. The normalized spacial score (nSPS) is 12.5. The third-order valence-electron chi connectivity index (χ3n) is 2.47. The predicted molar refractivity (Wildman–Crippen MR) is 62.0 cm³/mol. The first-order valence-corrected chi connectivity index (χ1v) is 5.49. The summed E-state index contributed by atoms with van der Waals surface area (Å²) >= 11 is 0. The van der Waals surface area contributed by atoms with Crippen LogP contribution in [-0.2, 0) is 6.42 Å². The van der Waals surface area contributed by atoms with Gasteiger partial charge in [-0.15, -0.1) is 0 Å². The molecule has 1 aromatic heterocycles. The van der Waals surface area contributed by atoms with Gasteiger partial charge < -0.3 is 10.5 Å². The number of hydrogen-bond acceptors (Lipinski definition) is 3. The van der Waals surface area contributed by atoms with Crippen LogP contribution in [-0.4, -0.2) is 18.1 Å². The number of nitrogens with zero attached hydrogens (tertiary/aromatic N) is 1. The standard InChI is InChI=1S/C12H20N2O/c1-3-4-11(13)6-5-10-7-12(15-2)9-14-8-10/h7-9,11H,3-6,13H2,1-2H3. The maximum Gasteiger partial charge on any atom is 0.137 e. The van der Waals surface area contributed by atoms with E-state index in [4.69, 9.17) is 10.5 Å². The Bertz CT molecular complexity index is 289. The summed E-state index contributed by atoms with van der Waals surface area (Å²) in [6.07, 6.45) is 7.83. The van der Waals surface area contributed by atoms with E-state index >= 15 is 0 Å². The number of hydrogen-bond donors (Lipinski definition) is 1. The van der Waals surface area contributed by atoms with Gasteiger partial charge in [0.2, 0.25) is 0 Å². The molecule has 2 N–H and O–H groups in total. The van der Waals surface area contributed by atoms with E-state index in [2.05, 4.69) is 11.9 Å². The van der Waals surface area contributed by atoms with Gasteiger partial charge in [0.25, 0.3) is 0 Å². The van der Waals surface area contributed by atoms with Crippen molar-refractivity contribution in [3.63, 3.8) is 0 Å². The Labute approximate surface area is 91.7 Å². The minimum absolute atomic E-state index is 0.307. The SMILES string of the molecule is CCCC(N)CCc1cncc(OC)c1. The van der Waals surface area contributed by atoms with Crippen LogP contribution in [0.2, 0.25) is 0 Å². The van der Waals surface area contributed by atoms with E-state index in [0.717, 1.165) is 31.4 Å². The molecule has 0 fully saturated rings. The van der Waals surface area contributed by atoms with E-state index in [9.17, 15) is 0 Å². The van der Waals surface area contributed by atoms with Crippen molar-refractivity contribution in [3.8, 4) is 5.75 Å². The van der Waals surface area contributed by atoms with Crippen molar-refractivity contribution in [2.24, 2.45) is 5.73 Å². The highest BCUT2D eigenvalue weighted by Crippen LogP contribution is 2.13. The summed E-state index contributed by atoms with van der Waals surface area (Å²) in [6, 6.07) is 2.33. The van der Waals surface area contributed by atoms with Crippen molar-refractivity contribution < 1.29 is 4.74 Å². The van der Waals surface area contributed by atoms with E-state index in [1.165, 1.54) is 5.56 Å². The zero-order valence-electron chi connectivity index (χ0n) is 9.57. The van der Waals surface area contributed by atoms with Crippen LogP contribution in [0.25, 0.3) is 0 Å². The molecular formula is C12H20N2O. The average molecular weight is 208 g/mol. The van der Waals surface area contributed by atoms with Gasteiger partial charge >= 0.3 is 0 Å². The van der Waals surface area contributed by atoms with Crippen LogP contribution in [0.1, 0.15) is 31.7 Å². The van der Waals surface area contributed by atoms with Crippen LogP contribution in [0, 0.1) is 0 Å². The Kier molecular flexibility index (Phi) is 5.12. The topological polar surface area (TPSA) is 48.1 Å². The molecule has 1 unspecified atom stereocenters. The molecule has 0 bridgehead atoms. The van der Waals surface area contributed by atoms with Crippen molar-refractivity contribution in [1.82, 2.24) is 4.98 Å². The maximum absolute atomic E-state index is 5.95. The van der Waals surface area contributed by atoms with Crippen LogP contribution in [0.4, 0.5) is 0 Å². The molecule has 0 aromatic carbocycles. The van der Waals surface area contributed by atoms with Gasteiger partial charge in [-0.05, 0) is 30.9 Å². The fourth-order valence-corrected chi connectivity index (χ4v) is 1.58. The Hall–Kier alpha value is -1.09. The highest BCUT2D eigenvalue weighted by molar-refractivity contribution is 5.23. The summed E-state index contributed by atoms with van der Waals surface area (Å²) in [7, 11) is 1.66. The molecule has 0 radical (unpaired) electrons. The number of pyridine rings is 1. The molecule has 0 aliphatic rings. The Morgan fingerprint density at radius 2 is 2.20 bits per heavy atom. The Balaban J connectivity index is 2.43. The monoisotopic (exact) mass is 208 g/mol. The second-order valence-corrected chi connectivity index (χ2v) is 3.82. The van der Waals surface area contributed by atoms with Gasteiger partial charge in [-0.1, -0.05) is 13.3 Å². The van der Waals surface area contributed by atoms with Gasteiger partial charge in [0.1, 0.15) is 5.75 Å². The first-order chi connectivity index (χ1) is 7.26. The number of methoxy groups -OCH3 is 1. The van der Waals surface area contributed by atoms with E-state index in [1.807, 2.05) is 12.3 Å². The minimum Gasteiger partial charge on any atom is -0.495 e. The molecule has 1 aromatic rings. The molecule has 0 saturated heterocycles. The highest BCUT2D eigenvalue weighted by atomic mass is 16.5. The molecule has 1 atom stereocenters. The number of aromatic nitrogens is 1. The highest BCUT2D eigenvalue weighted by Gasteiger charge is 2.02. The summed E-state index contributed by atoms with van der Waals surface area (Å²) < 4.78 is 5.12. The van der Waals surface area contributed by atoms with Gasteiger partial charge in [-0.2, -0.15) is 0 Å². The largest absolute Gasteiger partial charge is 0.495 e. The fourth-order valence-electron chi connectivity index (χ4n) is 1.58. The van der Waals surface area contributed by atoms with Crippen molar-refractivity contribution >= 4 is 0 Å². The zero-order chi connectivity index (χ0) is 11.1. The molecule has 0 amide bonds. The van der Waals surface area contributed by atoms with Gasteiger partial charge in [0, 0.05) is 12.2 Å². The number of rotatable bonds is 6. The third-order valence-corrected chi connectivity index (χ3v) is 2.47. The van der Waals surface area contributed by atoms with Gasteiger partial charge in [-0.3, -0.25) is 4.98 Å². The first-order valence-electron chi connectivity index (χ1n) is 5.49. The summed E-state index contributed by atoms with van der Waals surface area (Å²) in [6.45, 7) is 2.16. The van der Waals surface area contributed by atoms with Gasteiger partial charge in [0.05, 0.1) is 13.3 Å². The molecule has 0 aliphatic heterocycles. The van der Waals surface area contributed by atoms with Crippen molar-refractivity contribution in [2.75, 3.05) is 7.11 Å². The van der Waals surface area contributed by atoms with Crippen LogP contribution in [0.5, 0.6) is 5.75 Å². The van der Waals surface area contributed by atoms with E-state index in [1.54, 1.807) is 13.3 Å². The second kappa shape index (κ2) is 6.40. The third kappa shape index (κ3) is 4.30. The first kappa shape index (κ1) is 12.0. The number of ether oxygens (including phenoxy) is 1. The summed E-state index contributed by atoms with van der Waals surface area (Å²) in [4.78, 5) is 4.11. The van der Waals surface area contributed by atoms with Crippen LogP contribution < -0.4 is 10.5 Å². The molecule has 15 heavy (non-hydrogen) atoms. The van der Waals surface area contributed by atoms with Crippen molar-refractivity contribution in [1.29, 1.82) is 0 Å². The van der Waals surface area contributed by atoms with Gasteiger partial charge in [-0.25, -0.2) is 0 Å². The van der Waals surface area contributed by atoms with Crippen molar-refractivity contribution in [2.45, 2.75) is 38.6 Å². The second-order valence-electron chi connectivity index (χ2n) is 3.82. The lowest BCUT2D eigenvalue weighted by atomic mass is 10.0. The molecule has 0 spiro atoms. The predicted octanol–water partition coefficient (Wildman–Crippen LogP) is 2.15. The van der Waals surface area contributed by atoms with Crippen LogP contribution >= 0.6 is 0 Å². The Morgan fingerprint density at radius 1 is 1.40 bits per heavy atom. The van der Waals surface area contributed by atoms with Crippen molar-refractivity contribution in [3.05, 3.63) is 24.0 Å². The molecule has 1 heterocycles. The molecule has 84 valence electrons. The molecular weight excluding hydrogens is 188 g/mol. The Morgan fingerprint density at radius 3 is 2.87 bits per heavy atom. The zero-order valence-corrected chi connectivity index (χ0v) is 9.57. The lowest BCUT2D eigenvalue weighted by Crippen LogP contribution is -2.20.